The van der Waals surface area contributed by atoms with E-state index in [4.69, 9.17) is 0 Å². The Morgan fingerprint density at radius 1 is 1.42 bits per heavy atom. The van der Waals surface area contributed by atoms with Crippen molar-refractivity contribution in [1.82, 2.24) is 15.6 Å². The topological polar surface area (TPSA) is 54.0 Å². The first kappa shape index (κ1) is 12.6. The van der Waals surface area contributed by atoms with Gasteiger partial charge >= 0.3 is 0 Å². The Morgan fingerprint density at radius 3 is 3.00 bits per heavy atom. The van der Waals surface area contributed by atoms with Gasteiger partial charge in [0.2, 0.25) is 5.91 Å². The molecule has 0 saturated carbocycles. The zero-order valence-corrected chi connectivity index (χ0v) is 11.5. The molecule has 1 aliphatic rings. The van der Waals surface area contributed by atoms with E-state index in [-0.39, 0.29) is 5.91 Å². The molecule has 3 rings (SSSR count). The van der Waals surface area contributed by atoms with Crippen LogP contribution < -0.4 is 10.6 Å². The number of carbonyl (C=O) groups is 1. The largest absolute Gasteiger partial charge is 0.356 e. The predicted octanol–water partition coefficient (Wildman–Crippen LogP) is 1.56. The number of amides is 1. The molecule has 5 heteroatoms. The van der Waals surface area contributed by atoms with Gasteiger partial charge in [-0.25, -0.2) is 4.98 Å². The van der Waals surface area contributed by atoms with Crippen molar-refractivity contribution < 1.29 is 4.79 Å². The number of aromatic nitrogens is 1. The van der Waals surface area contributed by atoms with Crippen molar-refractivity contribution in [3.8, 4) is 0 Å². The number of rotatable bonds is 5. The van der Waals surface area contributed by atoms with Crippen LogP contribution in [0.3, 0.4) is 0 Å². The highest BCUT2D eigenvalue weighted by molar-refractivity contribution is 7.18. The van der Waals surface area contributed by atoms with Gasteiger partial charge in [0, 0.05) is 38.4 Å². The molecule has 1 aromatic carbocycles. The van der Waals surface area contributed by atoms with Gasteiger partial charge in [0.15, 0.2) is 0 Å². The summed E-state index contributed by atoms with van der Waals surface area (Å²) in [5.41, 5.74) is 1.03. The van der Waals surface area contributed by atoms with Crippen LogP contribution in [-0.2, 0) is 11.2 Å². The standard InChI is InChI=1S/C14H17N3OS/c18-13(16-9-10-7-15-8-10)5-6-14-17-11-3-1-2-4-12(11)19-14/h1-4,10,15H,5-9H2,(H,16,18). The minimum absolute atomic E-state index is 0.131. The molecule has 2 aromatic rings. The van der Waals surface area contributed by atoms with Crippen molar-refractivity contribution in [2.45, 2.75) is 12.8 Å². The van der Waals surface area contributed by atoms with Crippen LogP contribution in [0.15, 0.2) is 24.3 Å². The van der Waals surface area contributed by atoms with Crippen LogP contribution in [0.1, 0.15) is 11.4 Å². The van der Waals surface area contributed by atoms with E-state index < -0.39 is 0 Å². The number of aryl methyl sites for hydroxylation is 1. The van der Waals surface area contributed by atoms with E-state index in [0.717, 1.165) is 36.6 Å². The molecule has 0 atom stereocenters. The molecular weight excluding hydrogens is 258 g/mol. The molecule has 19 heavy (non-hydrogen) atoms. The van der Waals surface area contributed by atoms with E-state index in [1.807, 2.05) is 18.2 Å². The SMILES string of the molecule is O=C(CCc1nc2ccccc2s1)NCC1CNC1. The molecule has 2 heterocycles. The van der Waals surface area contributed by atoms with Gasteiger partial charge in [0.1, 0.15) is 0 Å². The van der Waals surface area contributed by atoms with Crippen LogP contribution in [0.2, 0.25) is 0 Å². The zero-order valence-electron chi connectivity index (χ0n) is 10.7. The molecule has 100 valence electrons. The van der Waals surface area contributed by atoms with E-state index in [9.17, 15) is 4.79 Å². The molecule has 1 amide bonds. The Bertz CT molecular complexity index is 544. The lowest BCUT2D eigenvalue weighted by Crippen LogP contribution is -2.48. The van der Waals surface area contributed by atoms with Crippen LogP contribution in [0.4, 0.5) is 0 Å². The lowest BCUT2D eigenvalue weighted by atomic mass is 10.0. The number of benzene rings is 1. The Kier molecular flexibility index (Phi) is 3.75. The normalized spacial score (nSPS) is 15.4. The first-order valence-electron chi connectivity index (χ1n) is 6.63. The summed E-state index contributed by atoms with van der Waals surface area (Å²) >= 11 is 1.68. The van der Waals surface area contributed by atoms with Crippen LogP contribution in [0.25, 0.3) is 10.2 Å². The summed E-state index contributed by atoms with van der Waals surface area (Å²) in [5, 5.41) is 7.23. The third-order valence-electron chi connectivity index (χ3n) is 3.36. The van der Waals surface area contributed by atoms with Crippen molar-refractivity contribution in [2.75, 3.05) is 19.6 Å². The molecule has 1 aliphatic heterocycles. The summed E-state index contributed by atoms with van der Waals surface area (Å²) in [7, 11) is 0. The van der Waals surface area contributed by atoms with Crippen molar-refractivity contribution in [1.29, 1.82) is 0 Å². The molecule has 1 saturated heterocycles. The zero-order chi connectivity index (χ0) is 13.1. The van der Waals surface area contributed by atoms with Gasteiger partial charge in [-0.2, -0.15) is 0 Å². The average Bonchev–Trinajstić information content (AvgIpc) is 2.77. The second-order valence-corrected chi connectivity index (χ2v) is 6.02. The summed E-state index contributed by atoms with van der Waals surface area (Å²) in [6.45, 7) is 2.85. The van der Waals surface area contributed by atoms with Crippen LogP contribution in [0, 0.1) is 5.92 Å². The highest BCUT2D eigenvalue weighted by Gasteiger charge is 2.17. The number of nitrogens with zero attached hydrogens (tertiary/aromatic N) is 1. The van der Waals surface area contributed by atoms with E-state index in [0.29, 0.717) is 12.3 Å². The molecular formula is C14H17N3OS. The lowest BCUT2D eigenvalue weighted by molar-refractivity contribution is -0.121. The van der Waals surface area contributed by atoms with Gasteiger partial charge in [-0.3, -0.25) is 4.79 Å². The summed E-state index contributed by atoms with van der Waals surface area (Å²) < 4.78 is 1.19. The van der Waals surface area contributed by atoms with E-state index in [2.05, 4.69) is 21.7 Å². The molecule has 0 radical (unpaired) electrons. The van der Waals surface area contributed by atoms with Gasteiger partial charge in [0.25, 0.3) is 0 Å². The number of hydrogen-bond acceptors (Lipinski definition) is 4. The molecule has 2 N–H and O–H groups in total. The first-order chi connectivity index (χ1) is 9.31. The van der Waals surface area contributed by atoms with E-state index in [1.165, 1.54) is 4.70 Å². The smallest absolute Gasteiger partial charge is 0.220 e. The number of thiazole rings is 1. The first-order valence-corrected chi connectivity index (χ1v) is 7.45. The van der Waals surface area contributed by atoms with Crippen LogP contribution in [0.5, 0.6) is 0 Å². The summed E-state index contributed by atoms with van der Waals surface area (Å²) in [5.74, 6) is 0.748. The number of hydrogen-bond donors (Lipinski definition) is 2. The van der Waals surface area contributed by atoms with Gasteiger partial charge < -0.3 is 10.6 Å². The Hall–Kier alpha value is -1.46. The van der Waals surface area contributed by atoms with Gasteiger partial charge in [-0.1, -0.05) is 12.1 Å². The summed E-state index contributed by atoms with van der Waals surface area (Å²) in [6.07, 6.45) is 1.26. The van der Waals surface area contributed by atoms with E-state index in [1.54, 1.807) is 11.3 Å². The summed E-state index contributed by atoms with van der Waals surface area (Å²) in [4.78, 5) is 16.3. The third kappa shape index (κ3) is 3.11. The molecule has 0 aliphatic carbocycles. The molecule has 0 spiro atoms. The van der Waals surface area contributed by atoms with Gasteiger partial charge in [0.05, 0.1) is 15.2 Å². The third-order valence-corrected chi connectivity index (χ3v) is 4.45. The lowest BCUT2D eigenvalue weighted by Gasteiger charge is -2.27. The van der Waals surface area contributed by atoms with Crippen molar-refractivity contribution in [3.63, 3.8) is 0 Å². The fourth-order valence-corrected chi connectivity index (χ4v) is 3.05. The Balaban J connectivity index is 1.49. The predicted molar refractivity (Wildman–Crippen MR) is 77.3 cm³/mol. The summed E-state index contributed by atoms with van der Waals surface area (Å²) in [6, 6.07) is 8.09. The molecule has 4 nitrogen and oxygen atoms in total. The molecule has 1 fully saturated rings. The molecule has 0 bridgehead atoms. The number of nitrogens with one attached hydrogen (secondary N) is 2. The van der Waals surface area contributed by atoms with Gasteiger partial charge in [-0.15, -0.1) is 11.3 Å². The average molecular weight is 275 g/mol. The highest BCUT2D eigenvalue weighted by Crippen LogP contribution is 2.22. The second kappa shape index (κ2) is 5.67. The number of para-hydroxylation sites is 1. The van der Waals surface area contributed by atoms with Crippen LogP contribution >= 0.6 is 11.3 Å². The maximum Gasteiger partial charge on any atom is 0.220 e. The number of carbonyl (C=O) groups excluding carboxylic acids is 1. The maximum absolute atomic E-state index is 11.7. The fourth-order valence-electron chi connectivity index (χ4n) is 2.09. The number of fused-ring (bicyclic) bond motifs is 1. The van der Waals surface area contributed by atoms with Crippen molar-refractivity contribution in [2.24, 2.45) is 5.92 Å². The minimum Gasteiger partial charge on any atom is -0.356 e. The Morgan fingerprint density at radius 2 is 2.26 bits per heavy atom. The maximum atomic E-state index is 11.7. The quantitative estimate of drug-likeness (QED) is 0.871. The monoisotopic (exact) mass is 275 g/mol. The van der Waals surface area contributed by atoms with Crippen molar-refractivity contribution in [3.05, 3.63) is 29.3 Å². The molecule has 1 aromatic heterocycles. The van der Waals surface area contributed by atoms with Crippen molar-refractivity contribution >= 4 is 27.5 Å². The van der Waals surface area contributed by atoms with E-state index >= 15 is 0 Å². The molecule has 0 unspecified atom stereocenters. The fraction of sp³-hybridized carbons (Fsp3) is 0.429. The second-order valence-electron chi connectivity index (χ2n) is 4.90. The highest BCUT2D eigenvalue weighted by atomic mass is 32.1. The minimum atomic E-state index is 0.131. The Labute approximate surface area is 116 Å². The van der Waals surface area contributed by atoms with Crippen LogP contribution in [-0.4, -0.2) is 30.5 Å². The van der Waals surface area contributed by atoms with Gasteiger partial charge in [-0.05, 0) is 12.1 Å².